The third-order valence-corrected chi connectivity index (χ3v) is 7.17. The van der Waals surface area contributed by atoms with Crippen LogP contribution in [0.25, 0.3) is 0 Å². The average Bonchev–Trinajstić information content (AvgIpc) is 3.09. The molecule has 0 unspecified atom stereocenters. The minimum atomic E-state index is -4.03. The van der Waals surface area contributed by atoms with Crippen LogP contribution < -0.4 is 14.8 Å². The minimum absolute atomic E-state index is 0.230. The van der Waals surface area contributed by atoms with Gasteiger partial charge in [-0.25, -0.2) is 26.3 Å². The summed E-state index contributed by atoms with van der Waals surface area (Å²) in [4.78, 5) is 11.3. The van der Waals surface area contributed by atoms with Crippen LogP contribution in [0.2, 0.25) is 5.02 Å². The Bertz CT molecular complexity index is 996. The normalized spacial score (nSPS) is 12.1. The Hall–Kier alpha value is -1.92. The van der Waals surface area contributed by atoms with Gasteiger partial charge in [-0.05, 0) is 38.2 Å². The number of hydrogen-bond donors (Lipinski definition) is 3. The standard InChI is InChI=1S/C16H21ClN4O5S2/c1-18-27(23,24)14-9-21(10-15(14)28(25,26)19-2)11-16(22)20-8-7-12-3-5-13(17)6-4-12/h3-6,9-10,18-19H,7-8,11H2,1-2H3,(H,20,22). The van der Waals surface area contributed by atoms with E-state index in [9.17, 15) is 21.6 Å². The summed E-state index contributed by atoms with van der Waals surface area (Å²) in [6.45, 7) is 0.136. The molecule has 1 amide bonds. The largest absolute Gasteiger partial charge is 0.354 e. The first-order chi connectivity index (χ1) is 13.1. The number of rotatable bonds is 9. The van der Waals surface area contributed by atoms with Gasteiger partial charge in [0, 0.05) is 24.0 Å². The second kappa shape index (κ2) is 9.05. The van der Waals surface area contributed by atoms with Crippen LogP contribution in [0.1, 0.15) is 5.56 Å². The van der Waals surface area contributed by atoms with E-state index in [0.29, 0.717) is 18.0 Å². The third kappa shape index (κ3) is 5.55. The van der Waals surface area contributed by atoms with Crippen molar-refractivity contribution < 1.29 is 21.6 Å². The summed E-state index contributed by atoms with van der Waals surface area (Å²) in [6.07, 6.45) is 2.80. The van der Waals surface area contributed by atoms with Crippen molar-refractivity contribution in [3.05, 3.63) is 47.2 Å². The molecule has 0 aliphatic carbocycles. The number of carbonyl (C=O) groups excluding carboxylic acids is 1. The lowest BCUT2D eigenvalue weighted by molar-refractivity contribution is -0.121. The summed E-state index contributed by atoms with van der Waals surface area (Å²) in [7, 11) is -5.71. The number of nitrogens with zero attached hydrogens (tertiary/aromatic N) is 1. The van der Waals surface area contributed by atoms with E-state index < -0.39 is 29.8 Å². The van der Waals surface area contributed by atoms with Crippen LogP contribution in [-0.4, -0.2) is 47.9 Å². The maximum Gasteiger partial charge on any atom is 0.243 e. The summed E-state index contributed by atoms with van der Waals surface area (Å²) in [5.74, 6) is -0.384. The molecule has 1 heterocycles. The van der Waals surface area contributed by atoms with Crippen molar-refractivity contribution in [3.8, 4) is 0 Å². The topological polar surface area (TPSA) is 126 Å². The second-order valence-electron chi connectivity index (χ2n) is 5.80. The highest BCUT2D eigenvalue weighted by atomic mass is 35.5. The molecular formula is C16H21ClN4O5S2. The zero-order valence-electron chi connectivity index (χ0n) is 15.3. The highest BCUT2D eigenvalue weighted by molar-refractivity contribution is 7.92. The van der Waals surface area contributed by atoms with E-state index in [-0.39, 0.29) is 12.5 Å². The number of halogens is 1. The molecule has 0 spiro atoms. The molecule has 0 saturated carbocycles. The summed E-state index contributed by atoms with van der Waals surface area (Å²) >= 11 is 5.82. The molecular weight excluding hydrogens is 428 g/mol. The van der Waals surface area contributed by atoms with Gasteiger partial charge in [-0.3, -0.25) is 4.79 Å². The second-order valence-corrected chi connectivity index (χ2v) is 9.95. The summed E-state index contributed by atoms with van der Waals surface area (Å²) < 4.78 is 53.8. The van der Waals surface area contributed by atoms with E-state index in [1.54, 1.807) is 12.1 Å². The van der Waals surface area contributed by atoms with Crippen LogP contribution in [-0.2, 0) is 37.8 Å². The first-order valence-corrected chi connectivity index (χ1v) is 11.5. The summed E-state index contributed by atoms with van der Waals surface area (Å²) in [6, 6.07) is 7.21. The molecule has 9 nitrogen and oxygen atoms in total. The van der Waals surface area contributed by atoms with Gasteiger partial charge in [0.25, 0.3) is 0 Å². The van der Waals surface area contributed by atoms with Gasteiger partial charge in [0.2, 0.25) is 26.0 Å². The highest BCUT2D eigenvalue weighted by Gasteiger charge is 2.27. The predicted molar refractivity (Wildman–Crippen MR) is 105 cm³/mol. The van der Waals surface area contributed by atoms with E-state index in [0.717, 1.165) is 18.0 Å². The Kier molecular flexibility index (Phi) is 7.23. The molecule has 2 aromatic rings. The van der Waals surface area contributed by atoms with Crippen LogP contribution >= 0.6 is 11.6 Å². The van der Waals surface area contributed by atoms with Crippen molar-refractivity contribution in [2.24, 2.45) is 0 Å². The van der Waals surface area contributed by atoms with Gasteiger partial charge in [0.05, 0.1) is 0 Å². The molecule has 0 aliphatic heterocycles. The van der Waals surface area contributed by atoms with Gasteiger partial charge in [0.1, 0.15) is 16.3 Å². The molecule has 2 rings (SSSR count). The summed E-state index contributed by atoms with van der Waals surface area (Å²) in [5, 5.41) is 3.33. The Morgan fingerprint density at radius 1 is 0.964 bits per heavy atom. The molecule has 154 valence electrons. The van der Waals surface area contributed by atoms with E-state index in [1.165, 1.54) is 18.7 Å². The molecule has 0 radical (unpaired) electrons. The molecule has 12 heteroatoms. The third-order valence-electron chi connectivity index (χ3n) is 3.90. The molecule has 28 heavy (non-hydrogen) atoms. The minimum Gasteiger partial charge on any atom is -0.354 e. The lowest BCUT2D eigenvalue weighted by Gasteiger charge is -2.06. The Morgan fingerprint density at radius 3 is 1.93 bits per heavy atom. The average molecular weight is 449 g/mol. The molecule has 0 bridgehead atoms. The highest BCUT2D eigenvalue weighted by Crippen LogP contribution is 2.21. The van der Waals surface area contributed by atoms with Crippen molar-refractivity contribution in [2.45, 2.75) is 22.8 Å². The smallest absolute Gasteiger partial charge is 0.243 e. The molecule has 0 fully saturated rings. The quantitative estimate of drug-likeness (QED) is 0.509. The van der Waals surface area contributed by atoms with E-state index >= 15 is 0 Å². The zero-order valence-corrected chi connectivity index (χ0v) is 17.7. The number of hydrogen-bond acceptors (Lipinski definition) is 5. The summed E-state index contributed by atoms with van der Waals surface area (Å²) in [5.41, 5.74) is 0.996. The number of carbonyl (C=O) groups is 1. The van der Waals surface area contributed by atoms with E-state index in [4.69, 9.17) is 11.6 Å². The molecule has 0 aliphatic rings. The molecule has 3 N–H and O–H groups in total. The first-order valence-electron chi connectivity index (χ1n) is 8.17. The Morgan fingerprint density at radius 2 is 1.46 bits per heavy atom. The van der Waals surface area contributed by atoms with Gasteiger partial charge < -0.3 is 9.88 Å². The fourth-order valence-electron chi connectivity index (χ4n) is 2.40. The van der Waals surface area contributed by atoms with Crippen LogP contribution in [0.4, 0.5) is 0 Å². The van der Waals surface area contributed by atoms with Crippen molar-refractivity contribution in [3.63, 3.8) is 0 Å². The SMILES string of the molecule is CNS(=O)(=O)c1cn(CC(=O)NCCc2ccc(Cl)cc2)cc1S(=O)(=O)NC. The van der Waals surface area contributed by atoms with Gasteiger partial charge in [-0.1, -0.05) is 23.7 Å². The van der Waals surface area contributed by atoms with Crippen LogP contribution in [0, 0.1) is 0 Å². The van der Waals surface area contributed by atoms with Crippen molar-refractivity contribution >= 4 is 37.6 Å². The predicted octanol–water partition coefficient (Wildman–Crippen LogP) is 0.317. The molecule has 0 saturated heterocycles. The Labute approximate surface area is 169 Å². The number of nitrogens with one attached hydrogen (secondary N) is 3. The fourth-order valence-corrected chi connectivity index (χ4v) is 4.81. The van der Waals surface area contributed by atoms with Crippen LogP contribution in [0.15, 0.2) is 46.5 Å². The molecule has 1 aromatic heterocycles. The van der Waals surface area contributed by atoms with Crippen LogP contribution in [0.5, 0.6) is 0 Å². The lowest BCUT2D eigenvalue weighted by Crippen LogP contribution is -2.29. The van der Waals surface area contributed by atoms with Gasteiger partial charge in [-0.15, -0.1) is 0 Å². The number of benzene rings is 1. The number of amides is 1. The Balaban J connectivity index is 2.09. The van der Waals surface area contributed by atoms with Crippen molar-refractivity contribution in [2.75, 3.05) is 20.6 Å². The van der Waals surface area contributed by atoms with E-state index in [1.807, 2.05) is 12.1 Å². The van der Waals surface area contributed by atoms with Gasteiger partial charge in [-0.2, -0.15) is 0 Å². The van der Waals surface area contributed by atoms with Gasteiger partial charge in [0.15, 0.2) is 0 Å². The van der Waals surface area contributed by atoms with Gasteiger partial charge >= 0.3 is 0 Å². The fraction of sp³-hybridized carbons (Fsp3) is 0.312. The number of sulfonamides is 2. The van der Waals surface area contributed by atoms with Crippen molar-refractivity contribution in [1.29, 1.82) is 0 Å². The van der Waals surface area contributed by atoms with Crippen molar-refractivity contribution in [1.82, 2.24) is 19.3 Å². The zero-order chi connectivity index (χ0) is 20.9. The lowest BCUT2D eigenvalue weighted by atomic mass is 10.1. The van der Waals surface area contributed by atoms with Crippen LogP contribution in [0.3, 0.4) is 0 Å². The molecule has 1 aromatic carbocycles. The number of aromatic nitrogens is 1. The first kappa shape index (κ1) is 22.4. The van der Waals surface area contributed by atoms with E-state index in [2.05, 4.69) is 14.8 Å². The molecule has 0 atom stereocenters. The maximum atomic E-state index is 12.1. The maximum absolute atomic E-state index is 12.1. The monoisotopic (exact) mass is 448 g/mol.